The summed E-state index contributed by atoms with van der Waals surface area (Å²) in [4.78, 5) is 62.4. The number of ketones is 3. The molecule has 11 aromatic carbocycles. The van der Waals surface area contributed by atoms with Crippen LogP contribution in [-0.4, -0.2) is 81.0 Å². The zero-order valence-corrected chi connectivity index (χ0v) is 59.7. The van der Waals surface area contributed by atoms with Crippen LogP contribution in [0.15, 0.2) is 359 Å². The van der Waals surface area contributed by atoms with Gasteiger partial charge in [-0.2, -0.15) is 36.4 Å². The standard InChI is InChI=1S/C15H10O3S.C15H10O2.C14H12O3S.C14H12O2S.C8H7BrO2.C6H6S.C6H5.BrH.Mg/c16-15-12-8-4-5-9-13(12)18-10-14(15)19(17)11-6-2-1-3-7-11;16-13-10-15(11-6-2-1-3-7-11)17-14-9-5-4-8-12(13)14;15-13-9-5-4-8-12(13)14(16)10-18(17)11-6-2-1-3-7-11;15-13-9-5-4-8-12(13)14(16)10-17-11-6-2-1-3-7-11;9-5-8(11)6-3-1-2-4-7(6)10;7-6-4-2-1-3-5-6;1-2-4-6-5-3-1;;/h1-10H;1-10H;1-9,15H,10H2;1-9,15H,10H2;1-4,10H,5H2;1-5,7H;1-5H;1H;/q;;;;;;-1;;+2/p-1. The van der Waals surface area contributed by atoms with E-state index in [2.05, 4.69) is 34.6 Å². The Balaban J connectivity index is 0.000000209. The number of Topliss-reactive ketones (excluding diaryl/α,β-unsaturated/α-hetero) is 3. The number of alkyl halides is 1. The van der Waals surface area contributed by atoms with Crippen molar-refractivity contribution in [1.82, 2.24) is 0 Å². The fourth-order valence-corrected chi connectivity index (χ4v) is 11.6. The summed E-state index contributed by atoms with van der Waals surface area (Å²) in [6.07, 6.45) is 1.29. The Bertz CT molecular complexity index is 4680. The second-order valence-corrected chi connectivity index (χ2v) is 24.6. The van der Waals surface area contributed by atoms with Gasteiger partial charge in [0.1, 0.15) is 45.3 Å². The number of phenols is 3. The molecular formula is C78H62Br2MgO12S4. The predicted molar refractivity (Wildman–Crippen MR) is 392 cm³/mol. The van der Waals surface area contributed by atoms with E-state index in [1.54, 1.807) is 127 Å². The van der Waals surface area contributed by atoms with E-state index >= 15 is 0 Å². The SMILES string of the molecule is O=C(CBr)c1ccccc1O.O=C(CS(=O)c1ccccc1)c1ccccc1O.O=C(CSc1ccccc1)c1ccccc1O.O=c1c(S(=O)c2ccccc2)coc2ccccc12.O=c1cc(-c2ccccc2)oc2ccccc12.Sc1ccccc1.[Br-].[Mg+2].[c-]1ccccc1. The molecule has 2 unspecified atom stereocenters. The van der Waals surface area contributed by atoms with Gasteiger partial charge in [-0.15, -0.1) is 24.4 Å². The van der Waals surface area contributed by atoms with E-state index in [0.29, 0.717) is 54.4 Å². The topological polar surface area (TPSA) is 206 Å². The number of hydrogen-bond acceptors (Lipinski definition) is 14. The molecule has 0 saturated heterocycles. The molecule has 0 bridgehead atoms. The molecule has 12 nitrogen and oxygen atoms in total. The van der Waals surface area contributed by atoms with Crippen molar-refractivity contribution in [3.63, 3.8) is 0 Å². The number of phenolic OH excluding ortho intramolecular Hbond substituents is 3. The number of thioether (sulfide) groups is 1. The first kappa shape index (κ1) is 78.7. The van der Waals surface area contributed by atoms with Gasteiger partial charge in [0, 0.05) is 31.2 Å². The van der Waals surface area contributed by atoms with E-state index < -0.39 is 21.6 Å². The van der Waals surface area contributed by atoms with Gasteiger partial charge in [0.2, 0.25) is 5.43 Å². The maximum atomic E-state index is 12.4. The quantitative estimate of drug-likeness (QED) is 0.0212. The largest absolute Gasteiger partial charge is 2.00 e. The molecule has 2 atom stereocenters. The van der Waals surface area contributed by atoms with Crippen molar-refractivity contribution in [1.29, 1.82) is 0 Å². The van der Waals surface area contributed by atoms with Crippen LogP contribution in [0.25, 0.3) is 33.3 Å². The summed E-state index contributed by atoms with van der Waals surface area (Å²) in [5, 5.41) is 29.6. The summed E-state index contributed by atoms with van der Waals surface area (Å²) in [6, 6.07) is 94.5. The van der Waals surface area contributed by atoms with E-state index in [1.807, 2.05) is 152 Å². The number of thiol groups is 1. The number of halogens is 2. The molecule has 13 aromatic rings. The Morgan fingerprint density at radius 2 is 0.907 bits per heavy atom. The molecule has 0 aliphatic rings. The molecule has 0 spiro atoms. The number of fused-ring (bicyclic) bond motifs is 2. The van der Waals surface area contributed by atoms with E-state index in [1.165, 1.54) is 48.4 Å². The molecule has 2 heterocycles. The molecule has 19 heteroatoms. The first-order valence-electron chi connectivity index (χ1n) is 29.0. The van der Waals surface area contributed by atoms with Gasteiger partial charge in [0.15, 0.2) is 22.8 Å². The molecule has 0 saturated carbocycles. The summed E-state index contributed by atoms with van der Waals surface area (Å²) in [6.45, 7) is 0. The van der Waals surface area contributed by atoms with Gasteiger partial charge in [-0.1, -0.05) is 180 Å². The molecular weight excluding hydrogens is 1440 g/mol. The van der Waals surface area contributed by atoms with E-state index in [4.69, 9.17) is 8.83 Å². The Kier molecular flexibility index (Phi) is 35.0. The Hall–Kier alpha value is -9.02. The van der Waals surface area contributed by atoms with Crippen LogP contribution in [0.5, 0.6) is 17.2 Å². The van der Waals surface area contributed by atoms with Crippen molar-refractivity contribution in [2.24, 2.45) is 0 Å². The van der Waals surface area contributed by atoms with Crippen molar-refractivity contribution < 1.29 is 63.9 Å². The van der Waals surface area contributed by atoms with Gasteiger partial charge in [0.05, 0.1) is 65.9 Å². The Morgan fingerprint density at radius 3 is 1.39 bits per heavy atom. The van der Waals surface area contributed by atoms with Gasteiger partial charge < -0.3 is 41.1 Å². The number of rotatable bonds is 13. The number of hydrogen-bond donors (Lipinski definition) is 4. The van der Waals surface area contributed by atoms with Gasteiger partial charge in [0.25, 0.3) is 0 Å². The van der Waals surface area contributed by atoms with Crippen molar-refractivity contribution in [2.75, 3.05) is 16.8 Å². The fourth-order valence-electron chi connectivity index (χ4n) is 8.27. The summed E-state index contributed by atoms with van der Waals surface area (Å²) in [5.41, 5.74) is 2.74. The third-order valence-electron chi connectivity index (χ3n) is 13.0. The third-order valence-corrected chi connectivity index (χ3v) is 17.5. The smallest absolute Gasteiger partial charge is 1.00 e. The van der Waals surface area contributed by atoms with Crippen LogP contribution in [-0.2, 0) is 21.6 Å². The number of benzene rings is 11. The maximum absolute atomic E-state index is 12.4. The average Bonchev–Trinajstić information content (AvgIpc) is 0.830. The number of carbonyl (C=O) groups is 3. The molecule has 0 fully saturated rings. The van der Waals surface area contributed by atoms with Crippen LogP contribution < -0.4 is 27.8 Å². The van der Waals surface area contributed by atoms with Crippen LogP contribution in [0.3, 0.4) is 0 Å². The first-order valence-corrected chi connectivity index (χ1v) is 34.1. The minimum absolute atomic E-state index is 0. The van der Waals surface area contributed by atoms with E-state index in [0.717, 1.165) is 15.4 Å². The van der Waals surface area contributed by atoms with Crippen LogP contribution in [0.4, 0.5) is 0 Å². The van der Waals surface area contributed by atoms with Crippen LogP contribution >= 0.6 is 40.3 Å². The van der Waals surface area contributed by atoms with Gasteiger partial charge >= 0.3 is 23.1 Å². The zero-order chi connectivity index (χ0) is 67.6. The molecule has 486 valence electrons. The van der Waals surface area contributed by atoms with Crippen LogP contribution in [0.1, 0.15) is 31.1 Å². The normalized spacial score (nSPS) is 10.5. The monoisotopic (exact) mass is 1500 g/mol. The van der Waals surface area contributed by atoms with Crippen molar-refractivity contribution in [2.45, 2.75) is 24.5 Å². The molecule has 0 amide bonds. The average molecular weight is 1500 g/mol. The molecule has 0 aliphatic carbocycles. The number of aromatic hydroxyl groups is 3. The van der Waals surface area contributed by atoms with E-state index in [-0.39, 0.29) is 107 Å². The molecule has 97 heavy (non-hydrogen) atoms. The molecule has 0 radical (unpaired) electrons. The second kappa shape index (κ2) is 43.2. The number of carbonyl (C=O) groups excluding carboxylic acids is 3. The molecule has 3 N–H and O–H groups in total. The summed E-state index contributed by atoms with van der Waals surface area (Å²) >= 11 is 8.58. The summed E-state index contributed by atoms with van der Waals surface area (Å²) < 4.78 is 35.4. The van der Waals surface area contributed by atoms with Crippen molar-refractivity contribution in [3.8, 4) is 28.6 Å². The second-order valence-electron chi connectivity index (χ2n) is 19.6. The van der Waals surface area contributed by atoms with Crippen LogP contribution in [0.2, 0.25) is 0 Å². The molecule has 2 aromatic heterocycles. The fraction of sp³-hybridized carbons (Fsp3) is 0.0385. The van der Waals surface area contributed by atoms with Gasteiger partial charge in [-0.3, -0.25) is 28.2 Å². The molecule has 13 rings (SSSR count). The van der Waals surface area contributed by atoms with Crippen molar-refractivity contribution in [3.05, 3.63) is 359 Å². The summed E-state index contributed by atoms with van der Waals surface area (Å²) in [7, 11) is -2.90. The zero-order valence-electron chi connectivity index (χ0n) is 51.8. The summed E-state index contributed by atoms with van der Waals surface area (Å²) in [5.74, 6) is 0.337. The maximum Gasteiger partial charge on any atom is 2.00 e. The Morgan fingerprint density at radius 1 is 0.485 bits per heavy atom. The first-order chi connectivity index (χ1) is 46.2. The molecule has 0 aliphatic heterocycles. The Labute approximate surface area is 611 Å². The van der Waals surface area contributed by atoms with Crippen molar-refractivity contribution >= 4 is 124 Å². The van der Waals surface area contributed by atoms with Crippen LogP contribution in [0, 0.1) is 6.07 Å². The third kappa shape index (κ3) is 25.8. The van der Waals surface area contributed by atoms with Gasteiger partial charge in [-0.25, -0.2) is 4.21 Å². The predicted octanol–water partition coefficient (Wildman–Crippen LogP) is 14.2. The number of para-hydroxylation sites is 5. The van der Waals surface area contributed by atoms with E-state index in [9.17, 15) is 47.7 Å². The minimum Gasteiger partial charge on any atom is -1.00 e. The van der Waals surface area contributed by atoms with Gasteiger partial charge in [-0.05, 0) is 109 Å². The minimum atomic E-state index is -1.52.